The number of hydrogen-bond acceptors (Lipinski definition) is 8. The number of aliphatic hydroxyl groups excluding tert-OH is 1. The lowest BCUT2D eigenvalue weighted by molar-refractivity contribution is -0.00735. The van der Waals surface area contributed by atoms with Gasteiger partial charge in [-0.1, -0.05) is 31.1 Å². The Morgan fingerprint density at radius 1 is 1.12 bits per heavy atom. The molecule has 2 heterocycles. The Bertz CT molecular complexity index is 980. The molecule has 2 aromatic carbocycles. The Morgan fingerprint density at radius 3 is 2.79 bits per heavy atom. The van der Waals surface area contributed by atoms with Crippen LogP contribution in [0.25, 0.3) is 0 Å². The van der Waals surface area contributed by atoms with Crippen LogP contribution < -0.4 is 14.2 Å². The molecule has 0 bridgehead atoms. The van der Waals surface area contributed by atoms with E-state index in [0.29, 0.717) is 45.2 Å². The van der Waals surface area contributed by atoms with Crippen molar-refractivity contribution >= 4 is 5.71 Å². The van der Waals surface area contributed by atoms with Gasteiger partial charge in [-0.15, -0.1) is 0 Å². The minimum Gasteiger partial charge on any atom is -0.497 e. The van der Waals surface area contributed by atoms with Gasteiger partial charge in [-0.2, -0.15) is 0 Å². The standard InChI is InChI=1S/C26H34N2O6/c1-18(2)15-31-16-21(29)13-28(12-19-5-4-6-22(9-19)30-3)14-23-11-24(27-34-23)20-7-8-25-26(10-20)33-17-32-25/h4-10,18,21,23,29H,11-17H2,1-3H3/t21-,23-/m1/s1. The molecule has 1 N–H and O–H groups in total. The predicted octanol–water partition coefficient (Wildman–Crippen LogP) is 3.45. The number of fused-ring (bicyclic) bond motifs is 1. The molecule has 2 aliphatic rings. The number of rotatable bonds is 12. The Morgan fingerprint density at radius 2 is 1.97 bits per heavy atom. The molecule has 2 aromatic rings. The van der Waals surface area contributed by atoms with Gasteiger partial charge in [-0.25, -0.2) is 0 Å². The molecule has 4 rings (SSSR count). The van der Waals surface area contributed by atoms with E-state index in [9.17, 15) is 5.11 Å². The third kappa shape index (κ3) is 6.62. The van der Waals surface area contributed by atoms with Crippen LogP contribution in [0.1, 0.15) is 31.4 Å². The van der Waals surface area contributed by atoms with Crippen LogP contribution in [-0.2, 0) is 16.1 Å². The molecule has 8 nitrogen and oxygen atoms in total. The van der Waals surface area contributed by atoms with E-state index in [0.717, 1.165) is 34.1 Å². The molecule has 184 valence electrons. The summed E-state index contributed by atoms with van der Waals surface area (Å²) >= 11 is 0. The van der Waals surface area contributed by atoms with Crippen LogP contribution in [0.5, 0.6) is 17.2 Å². The molecule has 0 fully saturated rings. The maximum absolute atomic E-state index is 10.6. The summed E-state index contributed by atoms with van der Waals surface area (Å²) in [6.07, 6.45) is -0.0383. The van der Waals surface area contributed by atoms with Crippen LogP contribution >= 0.6 is 0 Å². The van der Waals surface area contributed by atoms with Crippen molar-refractivity contribution in [3.63, 3.8) is 0 Å². The average Bonchev–Trinajstić information content (AvgIpc) is 3.47. The first-order valence-electron chi connectivity index (χ1n) is 11.7. The molecule has 2 aliphatic heterocycles. The van der Waals surface area contributed by atoms with Crippen LogP contribution in [0.2, 0.25) is 0 Å². The second-order valence-electron chi connectivity index (χ2n) is 9.17. The van der Waals surface area contributed by atoms with Gasteiger partial charge in [0.05, 0.1) is 25.5 Å². The highest BCUT2D eigenvalue weighted by Gasteiger charge is 2.27. The molecule has 0 amide bonds. The molecule has 2 atom stereocenters. The molecule has 0 aliphatic carbocycles. The second-order valence-corrected chi connectivity index (χ2v) is 9.17. The number of ether oxygens (including phenoxy) is 4. The van der Waals surface area contributed by atoms with Crippen LogP contribution in [-0.4, -0.2) is 68.1 Å². The van der Waals surface area contributed by atoms with Gasteiger partial charge in [0.25, 0.3) is 0 Å². The molecular formula is C26H34N2O6. The van der Waals surface area contributed by atoms with E-state index >= 15 is 0 Å². The maximum Gasteiger partial charge on any atom is 0.231 e. The topological polar surface area (TPSA) is 82.0 Å². The van der Waals surface area contributed by atoms with Crippen molar-refractivity contribution in [1.82, 2.24) is 4.90 Å². The van der Waals surface area contributed by atoms with Crippen molar-refractivity contribution in [3.8, 4) is 17.2 Å². The maximum atomic E-state index is 10.6. The minimum atomic E-state index is -0.597. The lowest BCUT2D eigenvalue weighted by Gasteiger charge is -2.27. The summed E-state index contributed by atoms with van der Waals surface area (Å²) in [6.45, 7) is 7.10. The van der Waals surface area contributed by atoms with Crippen LogP contribution in [0.3, 0.4) is 0 Å². The van der Waals surface area contributed by atoms with Crippen LogP contribution in [0.4, 0.5) is 0 Å². The number of nitrogens with zero attached hydrogens (tertiary/aromatic N) is 2. The third-order valence-electron chi connectivity index (χ3n) is 5.67. The summed E-state index contributed by atoms with van der Waals surface area (Å²) in [6, 6.07) is 13.8. The highest BCUT2D eigenvalue weighted by atomic mass is 16.7. The van der Waals surface area contributed by atoms with Gasteiger partial charge in [0.15, 0.2) is 11.5 Å². The SMILES string of the molecule is COc1cccc(CN(C[C@@H](O)COCC(C)C)C[C@H]2CC(c3ccc4c(c3)OCO4)=NO2)c1. The fourth-order valence-electron chi connectivity index (χ4n) is 4.08. The van der Waals surface area contributed by atoms with Crippen molar-refractivity contribution in [2.24, 2.45) is 11.1 Å². The van der Waals surface area contributed by atoms with Crippen molar-refractivity contribution in [2.45, 2.75) is 39.0 Å². The first kappa shape index (κ1) is 24.3. The Labute approximate surface area is 201 Å². The van der Waals surface area contributed by atoms with Gasteiger partial charge in [-0.3, -0.25) is 4.90 Å². The molecular weight excluding hydrogens is 436 g/mol. The lowest BCUT2D eigenvalue weighted by Crippen LogP contribution is -2.39. The summed E-state index contributed by atoms with van der Waals surface area (Å²) in [7, 11) is 1.66. The zero-order chi connectivity index (χ0) is 23.9. The summed E-state index contributed by atoms with van der Waals surface area (Å²) in [5.74, 6) is 2.72. The zero-order valence-corrected chi connectivity index (χ0v) is 20.1. The van der Waals surface area contributed by atoms with Crippen LogP contribution in [0, 0.1) is 5.92 Å². The monoisotopic (exact) mass is 470 g/mol. The van der Waals surface area contributed by atoms with Gasteiger partial charge >= 0.3 is 0 Å². The molecule has 0 spiro atoms. The highest BCUT2D eigenvalue weighted by molar-refractivity contribution is 6.01. The normalized spacial score (nSPS) is 17.7. The van der Waals surface area contributed by atoms with Gasteiger partial charge in [-0.05, 0) is 41.8 Å². The van der Waals surface area contributed by atoms with Gasteiger partial charge in [0.2, 0.25) is 6.79 Å². The van der Waals surface area contributed by atoms with Crippen LogP contribution in [0.15, 0.2) is 47.6 Å². The van der Waals surface area contributed by atoms with E-state index < -0.39 is 6.10 Å². The predicted molar refractivity (Wildman–Crippen MR) is 129 cm³/mol. The van der Waals surface area contributed by atoms with E-state index in [-0.39, 0.29) is 12.9 Å². The van der Waals surface area contributed by atoms with E-state index in [1.54, 1.807) is 7.11 Å². The van der Waals surface area contributed by atoms with Crippen molar-refractivity contribution < 1.29 is 28.9 Å². The molecule has 0 radical (unpaired) electrons. The Hall–Kier alpha value is -2.81. The van der Waals surface area contributed by atoms with E-state index in [4.69, 9.17) is 23.8 Å². The number of benzene rings is 2. The number of methoxy groups -OCH3 is 1. The second kappa shape index (κ2) is 11.6. The van der Waals surface area contributed by atoms with E-state index in [1.165, 1.54) is 0 Å². The molecule has 0 aromatic heterocycles. The minimum absolute atomic E-state index is 0.116. The molecule has 0 saturated heterocycles. The third-order valence-corrected chi connectivity index (χ3v) is 5.67. The fourth-order valence-corrected chi connectivity index (χ4v) is 4.08. The summed E-state index contributed by atoms with van der Waals surface area (Å²) in [5.41, 5.74) is 2.95. The van der Waals surface area contributed by atoms with Gasteiger partial charge < -0.3 is 28.9 Å². The van der Waals surface area contributed by atoms with Crippen molar-refractivity contribution in [3.05, 3.63) is 53.6 Å². The van der Waals surface area contributed by atoms with E-state index in [2.05, 4.69) is 30.0 Å². The molecule has 34 heavy (non-hydrogen) atoms. The smallest absolute Gasteiger partial charge is 0.231 e. The fraction of sp³-hybridized carbons (Fsp3) is 0.500. The summed E-state index contributed by atoms with van der Waals surface area (Å²) in [5, 5.41) is 15.0. The number of oxime groups is 1. The number of aliphatic hydroxyl groups is 1. The lowest BCUT2D eigenvalue weighted by atomic mass is 10.0. The van der Waals surface area contributed by atoms with Gasteiger partial charge in [0, 0.05) is 38.2 Å². The Balaban J connectivity index is 1.38. The first-order valence-corrected chi connectivity index (χ1v) is 11.7. The van der Waals surface area contributed by atoms with Crippen molar-refractivity contribution in [1.29, 1.82) is 0 Å². The van der Waals surface area contributed by atoms with Crippen molar-refractivity contribution in [2.75, 3.05) is 40.2 Å². The molecule has 8 heteroatoms. The quantitative estimate of drug-likeness (QED) is 0.509. The summed E-state index contributed by atoms with van der Waals surface area (Å²) < 4.78 is 21.9. The molecule has 0 saturated carbocycles. The van der Waals surface area contributed by atoms with E-state index in [1.807, 2.05) is 36.4 Å². The Kier molecular flexibility index (Phi) is 8.26. The summed E-state index contributed by atoms with van der Waals surface area (Å²) in [4.78, 5) is 7.96. The number of hydrogen-bond donors (Lipinski definition) is 1. The van der Waals surface area contributed by atoms with Gasteiger partial charge in [0.1, 0.15) is 11.9 Å². The average molecular weight is 471 g/mol. The largest absolute Gasteiger partial charge is 0.497 e. The zero-order valence-electron chi connectivity index (χ0n) is 20.1. The first-order chi connectivity index (χ1) is 16.5. The highest BCUT2D eigenvalue weighted by Crippen LogP contribution is 2.33. The molecule has 0 unspecified atom stereocenters.